The number of hydrogen-bond donors (Lipinski definition) is 1. The van der Waals surface area contributed by atoms with Crippen molar-refractivity contribution in [1.82, 2.24) is 5.32 Å². The summed E-state index contributed by atoms with van der Waals surface area (Å²) >= 11 is 0. The highest BCUT2D eigenvalue weighted by Crippen LogP contribution is 2.42. The normalized spacial score (nSPS) is 19.9. The molecule has 1 N–H and O–H groups in total. The lowest BCUT2D eigenvalue weighted by Gasteiger charge is -2.21. The Hall–Kier alpha value is -3.49. The van der Waals surface area contributed by atoms with E-state index in [1.807, 2.05) is 0 Å². The maximum atomic E-state index is 13.2. The fraction of sp³-hybridized carbons (Fsp3) is 0.440. The van der Waals surface area contributed by atoms with Crippen LogP contribution in [-0.2, 0) is 9.59 Å². The van der Waals surface area contributed by atoms with Gasteiger partial charge in [-0.05, 0) is 36.6 Å². The zero-order chi connectivity index (χ0) is 24.2. The zero-order valence-electron chi connectivity index (χ0n) is 19.7. The van der Waals surface area contributed by atoms with Gasteiger partial charge in [-0.3, -0.25) is 9.59 Å². The van der Waals surface area contributed by atoms with Gasteiger partial charge in [-0.2, -0.15) is 0 Å². The van der Waals surface area contributed by atoms with E-state index in [4.69, 9.17) is 14.2 Å². The van der Waals surface area contributed by atoms with Crippen LogP contribution in [-0.4, -0.2) is 59.3 Å². The average molecular weight is 472 g/mol. The lowest BCUT2D eigenvalue weighted by atomic mass is 10.1. The highest BCUT2D eigenvalue weighted by molar-refractivity contribution is 6.00. The number of methoxy groups -OCH3 is 3. The summed E-state index contributed by atoms with van der Waals surface area (Å²) in [5, 5.41) is 3.03. The van der Waals surface area contributed by atoms with Crippen LogP contribution in [0.4, 0.5) is 15.8 Å². The Morgan fingerprint density at radius 2 is 1.71 bits per heavy atom. The lowest BCUT2D eigenvalue weighted by Crippen LogP contribution is -2.36. The molecule has 34 heavy (non-hydrogen) atoms. The summed E-state index contributed by atoms with van der Waals surface area (Å²) in [7, 11) is 4.55. The van der Waals surface area contributed by atoms with Gasteiger partial charge in [0, 0.05) is 50.4 Å². The second-order valence-corrected chi connectivity index (χ2v) is 8.61. The number of carbonyl (C=O) groups excluding carboxylic acids is 2. The van der Waals surface area contributed by atoms with Crippen LogP contribution in [0.5, 0.6) is 17.2 Å². The first kappa shape index (κ1) is 23.7. The third kappa shape index (κ3) is 4.88. The van der Waals surface area contributed by atoms with Gasteiger partial charge in [-0.1, -0.05) is 0 Å². The number of ether oxygens (including phenoxy) is 3. The van der Waals surface area contributed by atoms with Gasteiger partial charge in [-0.15, -0.1) is 0 Å². The molecule has 2 saturated heterocycles. The molecule has 0 radical (unpaired) electrons. The first-order valence-electron chi connectivity index (χ1n) is 11.3. The smallest absolute Gasteiger partial charge is 0.227 e. The van der Waals surface area contributed by atoms with Crippen LogP contribution in [0.25, 0.3) is 0 Å². The Kier molecular flexibility index (Phi) is 7.09. The molecule has 2 fully saturated rings. The number of amides is 2. The van der Waals surface area contributed by atoms with Gasteiger partial charge < -0.3 is 29.3 Å². The van der Waals surface area contributed by atoms with Crippen LogP contribution in [0, 0.1) is 17.7 Å². The molecule has 0 saturated carbocycles. The molecule has 182 valence electrons. The van der Waals surface area contributed by atoms with E-state index < -0.39 is 5.92 Å². The molecule has 0 bridgehead atoms. The summed E-state index contributed by atoms with van der Waals surface area (Å²) in [6, 6.07) is 9.89. The largest absolute Gasteiger partial charge is 0.493 e. The minimum absolute atomic E-state index is 0.122. The van der Waals surface area contributed by atoms with Gasteiger partial charge in [-0.25, -0.2) is 4.39 Å². The van der Waals surface area contributed by atoms with Crippen molar-refractivity contribution in [3.05, 3.63) is 42.2 Å². The van der Waals surface area contributed by atoms with E-state index in [-0.39, 0.29) is 30.6 Å². The molecule has 2 atom stereocenters. The van der Waals surface area contributed by atoms with Crippen molar-refractivity contribution in [2.24, 2.45) is 11.8 Å². The number of nitrogens with one attached hydrogen (secondary N) is 1. The highest BCUT2D eigenvalue weighted by atomic mass is 19.1. The Morgan fingerprint density at radius 1 is 1.03 bits per heavy atom. The molecule has 2 aliphatic rings. The number of rotatable bonds is 8. The SMILES string of the molecule is COc1cc(N2CC(C(=O)NCC3CCN(c4ccc(F)cc4)C3)CC2=O)cc(OC)c1OC. The predicted molar refractivity (Wildman–Crippen MR) is 126 cm³/mol. The molecule has 2 heterocycles. The summed E-state index contributed by atoms with van der Waals surface area (Å²) in [6.45, 7) is 2.50. The van der Waals surface area contributed by atoms with Gasteiger partial charge in [0.2, 0.25) is 17.6 Å². The van der Waals surface area contributed by atoms with E-state index in [2.05, 4.69) is 10.2 Å². The Bertz CT molecular complexity index is 1020. The van der Waals surface area contributed by atoms with Gasteiger partial charge in [0.1, 0.15) is 5.82 Å². The number of hydrogen-bond acceptors (Lipinski definition) is 6. The number of benzene rings is 2. The third-order valence-electron chi connectivity index (χ3n) is 6.50. The van der Waals surface area contributed by atoms with Crippen LogP contribution in [0.1, 0.15) is 12.8 Å². The maximum Gasteiger partial charge on any atom is 0.227 e. The second-order valence-electron chi connectivity index (χ2n) is 8.61. The Labute approximate surface area is 198 Å². The standard InChI is InChI=1S/C25H30FN3O5/c1-32-21-11-20(12-22(33-2)24(21)34-3)29-15-17(10-23(29)30)25(31)27-13-16-8-9-28(14-16)19-6-4-18(26)5-7-19/h4-7,11-12,16-17H,8-10,13-15H2,1-3H3,(H,27,31). The number of anilines is 2. The fourth-order valence-electron chi connectivity index (χ4n) is 4.63. The zero-order valence-corrected chi connectivity index (χ0v) is 19.7. The van der Waals surface area contributed by atoms with E-state index in [9.17, 15) is 14.0 Å². The molecule has 2 aliphatic heterocycles. The minimum Gasteiger partial charge on any atom is -0.493 e. The van der Waals surface area contributed by atoms with E-state index in [1.54, 1.807) is 29.2 Å². The van der Waals surface area contributed by atoms with Crippen molar-refractivity contribution in [2.45, 2.75) is 12.8 Å². The molecular formula is C25H30FN3O5. The van der Waals surface area contributed by atoms with Crippen LogP contribution < -0.4 is 29.3 Å². The topological polar surface area (TPSA) is 80.3 Å². The second kappa shape index (κ2) is 10.2. The molecule has 2 amide bonds. The van der Waals surface area contributed by atoms with Gasteiger partial charge in [0.05, 0.1) is 32.9 Å². The molecular weight excluding hydrogens is 441 g/mol. The number of carbonyl (C=O) groups is 2. The van der Waals surface area contributed by atoms with Gasteiger partial charge >= 0.3 is 0 Å². The predicted octanol–water partition coefficient (Wildman–Crippen LogP) is 2.85. The number of halogens is 1. The number of nitrogens with zero attached hydrogens (tertiary/aromatic N) is 2. The first-order valence-corrected chi connectivity index (χ1v) is 11.3. The summed E-state index contributed by atoms with van der Waals surface area (Å²) < 4.78 is 29.3. The van der Waals surface area contributed by atoms with Crippen molar-refractivity contribution >= 4 is 23.2 Å². The Balaban J connectivity index is 1.34. The summed E-state index contributed by atoms with van der Waals surface area (Å²) in [4.78, 5) is 29.4. The summed E-state index contributed by atoms with van der Waals surface area (Å²) in [5.74, 6) is 0.716. The van der Waals surface area contributed by atoms with Gasteiger partial charge in [0.15, 0.2) is 11.5 Å². The Morgan fingerprint density at radius 3 is 2.32 bits per heavy atom. The van der Waals surface area contributed by atoms with E-state index >= 15 is 0 Å². The van der Waals surface area contributed by atoms with E-state index in [1.165, 1.54) is 33.5 Å². The maximum absolute atomic E-state index is 13.2. The van der Waals surface area contributed by atoms with Crippen molar-refractivity contribution in [3.63, 3.8) is 0 Å². The van der Waals surface area contributed by atoms with Crippen molar-refractivity contribution < 1.29 is 28.2 Å². The highest BCUT2D eigenvalue weighted by Gasteiger charge is 2.36. The quantitative estimate of drug-likeness (QED) is 0.638. The molecule has 2 aromatic carbocycles. The average Bonchev–Trinajstić information content (AvgIpc) is 3.49. The molecule has 4 rings (SSSR count). The van der Waals surface area contributed by atoms with E-state index in [0.29, 0.717) is 35.4 Å². The van der Waals surface area contributed by atoms with Crippen LogP contribution in [0.15, 0.2) is 36.4 Å². The first-order chi connectivity index (χ1) is 16.4. The molecule has 9 heteroatoms. The van der Waals surface area contributed by atoms with E-state index in [0.717, 1.165) is 25.2 Å². The van der Waals surface area contributed by atoms with Crippen LogP contribution in [0.3, 0.4) is 0 Å². The van der Waals surface area contributed by atoms with Crippen molar-refractivity contribution in [2.75, 3.05) is 57.3 Å². The van der Waals surface area contributed by atoms with Crippen LogP contribution in [0.2, 0.25) is 0 Å². The van der Waals surface area contributed by atoms with Crippen LogP contribution >= 0.6 is 0 Å². The van der Waals surface area contributed by atoms with Crippen molar-refractivity contribution in [1.29, 1.82) is 0 Å². The molecule has 0 aromatic heterocycles. The summed E-state index contributed by atoms with van der Waals surface area (Å²) in [6.07, 6.45) is 1.09. The van der Waals surface area contributed by atoms with Gasteiger partial charge in [0.25, 0.3) is 0 Å². The molecule has 2 aromatic rings. The van der Waals surface area contributed by atoms with Crippen molar-refractivity contribution in [3.8, 4) is 17.2 Å². The summed E-state index contributed by atoms with van der Waals surface area (Å²) in [5.41, 5.74) is 1.58. The molecule has 0 aliphatic carbocycles. The monoisotopic (exact) mass is 471 g/mol. The molecule has 0 spiro atoms. The fourth-order valence-corrected chi connectivity index (χ4v) is 4.63. The molecule has 2 unspecified atom stereocenters. The lowest BCUT2D eigenvalue weighted by molar-refractivity contribution is -0.126. The third-order valence-corrected chi connectivity index (χ3v) is 6.50. The molecule has 8 nitrogen and oxygen atoms in total. The minimum atomic E-state index is -0.429.